The van der Waals surface area contributed by atoms with E-state index in [1.165, 1.54) is 6.07 Å². The third-order valence-electron chi connectivity index (χ3n) is 3.41. The predicted octanol–water partition coefficient (Wildman–Crippen LogP) is 3.62. The smallest absolute Gasteiger partial charge is 0.191 e. The fourth-order valence-corrected chi connectivity index (χ4v) is 3.66. The Bertz CT molecular complexity index is 673. The quantitative estimate of drug-likeness (QED) is 0.396. The van der Waals surface area contributed by atoms with Crippen LogP contribution in [0.3, 0.4) is 0 Å². The lowest BCUT2D eigenvalue weighted by molar-refractivity contribution is 0.617. The highest BCUT2D eigenvalue weighted by atomic mass is 32.2. The van der Waals surface area contributed by atoms with Gasteiger partial charge in [0.2, 0.25) is 0 Å². The first kappa shape index (κ1) is 19.7. The Hall–Kier alpha value is -1.60. The molecule has 0 spiro atoms. The van der Waals surface area contributed by atoms with Crippen molar-refractivity contribution in [3.63, 3.8) is 0 Å². The number of halogens is 1. The van der Waals surface area contributed by atoms with Gasteiger partial charge in [-0.15, -0.1) is 11.3 Å². The second-order valence-electron chi connectivity index (χ2n) is 5.44. The lowest BCUT2D eigenvalue weighted by Gasteiger charge is -2.10. The lowest BCUT2D eigenvalue weighted by Crippen LogP contribution is -2.38. The first-order chi connectivity index (χ1) is 12.2. The number of thioether (sulfide) groups is 1. The standard InChI is InChI=1S/C18H25FN4S2/c1-3-20-18(21-9-8-16-13-25-14(2)23-16)22-10-11-24-12-15-6-4-5-7-17(15)19/h4-7,13H,3,8-12H2,1-2H3,(H2,20,21,22). The van der Waals surface area contributed by atoms with Gasteiger partial charge in [-0.3, -0.25) is 4.99 Å². The molecule has 2 aromatic rings. The molecular weight excluding hydrogens is 355 g/mol. The maximum absolute atomic E-state index is 13.5. The highest BCUT2D eigenvalue weighted by molar-refractivity contribution is 7.98. The molecule has 7 heteroatoms. The summed E-state index contributed by atoms with van der Waals surface area (Å²) in [6, 6.07) is 6.92. The van der Waals surface area contributed by atoms with Crippen molar-refractivity contribution in [2.75, 3.05) is 25.4 Å². The number of thiazole rings is 1. The minimum Gasteiger partial charge on any atom is -0.357 e. The molecule has 0 atom stereocenters. The molecule has 2 rings (SSSR count). The Morgan fingerprint density at radius 2 is 2.16 bits per heavy atom. The number of hydrogen-bond acceptors (Lipinski definition) is 4. The summed E-state index contributed by atoms with van der Waals surface area (Å²) in [5.41, 5.74) is 1.87. The van der Waals surface area contributed by atoms with Crippen LogP contribution in [0.2, 0.25) is 0 Å². The van der Waals surface area contributed by atoms with Crippen molar-refractivity contribution in [1.82, 2.24) is 15.6 Å². The van der Waals surface area contributed by atoms with Gasteiger partial charge >= 0.3 is 0 Å². The summed E-state index contributed by atoms with van der Waals surface area (Å²) in [5.74, 6) is 2.22. The number of aliphatic imine (C=N–C) groups is 1. The van der Waals surface area contributed by atoms with Gasteiger partial charge in [-0.2, -0.15) is 11.8 Å². The van der Waals surface area contributed by atoms with Crippen LogP contribution >= 0.6 is 23.1 Å². The number of nitrogens with one attached hydrogen (secondary N) is 2. The summed E-state index contributed by atoms with van der Waals surface area (Å²) >= 11 is 3.37. The van der Waals surface area contributed by atoms with E-state index in [-0.39, 0.29) is 5.82 Å². The average molecular weight is 381 g/mol. The zero-order valence-electron chi connectivity index (χ0n) is 14.7. The summed E-state index contributed by atoms with van der Waals surface area (Å²) in [7, 11) is 0. The van der Waals surface area contributed by atoms with E-state index in [9.17, 15) is 4.39 Å². The lowest BCUT2D eigenvalue weighted by atomic mass is 10.2. The zero-order valence-corrected chi connectivity index (χ0v) is 16.4. The number of aromatic nitrogens is 1. The normalized spacial score (nSPS) is 11.6. The van der Waals surface area contributed by atoms with Crippen molar-refractivity contribution >= 4 is 29.1 Å². The van der Waals surface area contributed by atoms with Gasteiger partial charge in [0.05, 0.1) is 17.2 Å². The maximum atomic E-state index is 13.5. The molecule has 0 fully saturated rings. The third-order valence-corrected chi connectivity index (χ3v) is 5.21. The van der Waals surface area contributed by atoms with Crippen LogP contribution in [0.4, 0.5) is 4.39 Å². The molecule has 0 aliphatic rings. The SMILES string of the molecule is CCNC(=NCCSCc1ccccc1F)NCCc1csc(C)n1. The summed E-state index contributed by atoms with van der Waals surface area (Å²) < 4.78 is 13.5. The van der Waals surface area contributed by atoms with Crippen molar-refractivity contribution in [3.8, 4) is 0 Å². The zero-order chi connectivity index (χ0) is 17.9. The molecule has 136 valence electrons. The molecule has 2 N–H and O–H groups in total. The predicted molar refractivity (Wildman–Crippen MR) is 107 cm³/mol. The van der Waals surface area contributed by atoms with Crippen LogP contribution in [0.25, 0.3) is 0 Å². The molecule has 0 unspecified atom stereocenters. The fourth-order valence-electron chi connectivity index (χ4n) is 2.19. The Balaban J connectivity index is 1.68. The Labute approximate surface area is 157 Å². The van der Waals surface area contributed by atoms with Gasteiger partial charge in [0.1, 0.15) is 5.82 Å². The summed E-state index contributed by atoms with van der Waals surface area (Å²) in [4.78, 5) is 9.03. The second-order valence-corrected chi connectivity index (χ2v) is 7.61. The van der Waals surface area contributed by atoms with Gasteiger partial charge in [-0.1, -0.05) is 18.2 Å². The molecule has 0 aliphatic heterocycles. The summed E-state index contributed by atoms with van der Waals surface area (Å²) in [6.07, 6.45) is 0.886. The van der Waals surface area contributed by atoms with Gasteiger partial charge in [0, 0.05) is 36.4 Å². The first-order valence-electron chi connectivity index (χ1n) is 8.43. The van der Waals surface area contributed by atoms with Crippen molar-refractivity contribution in [2.45, 2.75) is 26.0 Å². The number of guanidine groups is 1. The Morgan fingerprint density at radius 1 is 1.32 bits per heavy atom. The molecule has 1 aromatic heterocycles. The highest BCUT2D eigenvalue weighted by Gasteiger charge is 2.02. The average Bonchev–Trinajstić information content (AvgIpc) is 3.01. The van der Waals surface area contributed by atoms with Crippen molar-refractivity contribution in [3.05, 3.63) is 51.7 Å². The first-order valence-corrected chi connectivity index (χ1v) is 10.5. The maximum Gasteiger partial charge on any atom is 0.191 e. The Kier molecular flexibility index (Phi) is 8.76. The second kappa shape index (κ2) is 11.1. The van der Waals surface area contributed by atoms with Crippen molar-refractivity contribution in [1.29, 1.82) is 0 Å². The third kappa shape index (κ3) is 7.44. The molecule has 1 aromatic carbocycles. The van der Waals surface area contributed by atoms with Gasteiger partial charge in [-0.05, 0) is 25.5 Å². The van der Waals surface area contributed by atoms with E-state index >= 15 is 0 Å². The van der Waals surface area contributed by atoms with E-state index in [0.29, 0.717) is 12.3 Å². The highest BCUT2D eigenvalue weighted by Crippen LogP contribution is 2.15. The van der Waals surface area contributed by atoms with E-state index in [0.717, 1.165) is 47.5 Å². The fraction of sp³-hybridized carbons (Fsp3) is 0.444. The monoisotopic (exact) mass is 380 g/mol. The molecule has 1 heterocycles. The molecule has 0 radical (unpaired) electrons. The largest absolute Gasteiger partial charge is 0.357 e. The van der Waals surface area contributed by atoms with Crippen LogP contribution in [0.1, 0.15) is 23.2 Å². The van der Waals surface area contributed by atoms with Gasteiger partial charge in [0.15, 0.2) is 5.96 Å². The van der Waals surface area contributed by atoms with E-state index in [1.54, 1.807) is 29.2 Å². The molecule has 0 aliphatic carbocycles. The minimum atomic E-state index is -0.134. The molecule has 0 saturated heterocycles. The van der Waals surface area contributed by atoms with Gasteiger partial charge < -0.3 is 10.6 Å². The number of benzene rings is 1. The van der Waals surface area contributed by atoms with Gasteiger partial charge in [0.25, 0.3) is 0 Å². The molecule has 0 amide bonds. The number of rotatable bonds is 9. The van der Waals surface area contributed by atoms with Crippen molar-refractivity contribution in [2.24, 2.45) is 4.99 Å². The summed E-state index contributed by atoms with van der Waals surface area (Å²) in [6.45, 7) is 6.39. The van der Waals surface area contributed by atoms with E-state index in [2.05, 4.69) is 26.0 Å². The number of aryl methyl sites for hydroxylation is 1. The van der Waals surface area contributed by atoms with Crippen molar-refractivity contribution < 1.29 is 4.39 Å². The minimum absolute atomic E-state index is 0.134. The van der Waals surface area contributed by atoms with Crippen LogP contribution < -0.4 is 10.6 Å². The van der Waals surface area contributed by atoms with Gasteiger partial charge in [-0.25, -0.2) is 9.37 Å². The molecular formula is C18H25FN4S2. The molecule has 0 saturated carbocycles. The van der Waals surface area contributed by atoms with Crippen LogP contribution in [-0.4, -0.2) is 36.3 Å². The Morgan fingerprint density at radius 3 is 2.88 bits per heavy atom. The van der Waals surface area contributed by atoms with Crippen LogP contribution in [0.15, 0.2) is 34.6 Å². The van der Waals surface area contributed by atoms with E-state index in [4.69, 9.17) is 0 Å². The topological polar surface area (TPSA) is 49.3 Å². The molecule has 0 bridgehead atoms. The van der Waals surface area contributed by atoms with Crippen LogP contribution in [-0.2, 0) is 12.2 Å². The van der Waals surface area contributed by atoms with Crippen LogP contribution in [0.5, 0.6) is 0 Å². The summed E-state index contributed by atoms with van der Waals surface area (Å²) in [5, 5.41) is 9.77. The van der Waals surface area contributed by atoms with Crippen LogP contribution in [0, 0.1) is 12.7 Å². The number of hydrogen-bond donors (Lipinski definition) is 2. The molecule has 4 nitrogen and oxygen atoms in total. The van der Waals surface area contributed by atoms with E-state index < -0.39 is 0 Å². The number of nitrogens with zero attached hydrogens (tertiary/aromatic N) is 2. The van der Waals surface area contributed by atoms with E-state index in [1.807, 2.05) is 26.0 Å². The molecule has 25 heavy (non-hydrogen) atoms.